The summed E-state index contributed by atoms with van der Waals surface area (Å²) >= 11 is 5.06. The predicted molar refractivity (Wildman–Crippen MR) is 94.6 cm³/mol. The van der Waals surface area contributed by atoms with Crippen molar-refractivity contribution in [3.05, 3.63) is 59.6 Å². The molecule has 0 bridgehead atoms. The van der Waals surface area contributed by atoms with E-state index in [0.29, 0.717) is 17.0 Å². The van der Waals surface area contributed by atoms with Crippen molar-refractivity contribution in [2.45, 2.75) is 6.92 Å². The van der Waals surface area contributed by atoms with Crippen molar-refractivity contribution in [3.63, 3.8) is 0 Å². The molecule has 0 atom stereocenters. The fraction of sp³-hybridized carbons (Fsp3) is 0.118. The molecule has 0 radical (unpaired) electrons. The second-order valence-electron chi connectivity index (χ2n) is 4.79. The molecule has 1 amide bonds. The number of carbonyl (C=O) groups is 2. The van der Waals surface area contributed by atoms with Gasteiger partial charge < -0.3 is 14.5 Å². The lowest BCUT2D eigenvalue weighted by molar-refractivity contribution is -0.115. The molecule has 2 N–H and O–H groups in total. The van der Waals surface area contributed by atoms with E-state index in [1.165, 1.54) is 13.2 Å². The standard InChI is InChI=1S/C17H16N2O4S/c1-11-3-8-14(23-11)9-10-15(20)19-17(24)18-13-6-4-12(5-7-13)16(21)22-2/h3-10H,1-2H3,(H2,18,19,20,24). The predicted octanol–water partition coefficient (Wildman–Crippen LogP) is 2.90. The Balaban J connectivity index is 1.87. The monoisotopic (exact) mass is 344 g/mol. The van der Waals surface area contributed by atoms with E-state index >= 15 is 0 Å². The van der Waals surface area contributed by atoms with Gasteiger partial charge in [-0.1, -0.05) is 0 Å². The van der Waals surface area contributed by atoms with Gasteiger partial charge in [0.2, 0.25) is 5.91 Å². The lowest BCUT2D eigenvalue weighted by Gasteiger charge is -2.08. The maximum Gasteiger partial charge on any atom is 0.337 e. The number of ether oxygens (including phenoxy) is 1. The number of benzene rings is 1. The average Bonchev–Trinajstić information content (AvgIpc) is 2.98. The van der Waals surface area contributed by atoms with Crippen LogP contribution in [0.25, 0.3) is 6.08 Å². The maximum atomic E-state index is 11.8. The van der Waals surface area contributed by atoms with Crippen LogP contribution >= 0.6 is 12.2 Å². The molecule has 0 aliphatic heterocycles. The second kappa shape index (κ2) is 8.07. The van der Waals surface area contributed by atoms with Gasteiger partial charge in [-0.3, -0.25) is 10.1 Å². The summed E-state index contributed by atoms with van der Waals surface area (Å²) in [6.45, 7) is 1.82. The molecule has 0 aliphatic carbocycles. The van der Waals surface area contributed by atoms with Gasteiger partial charge in [-0.05, 0) is 61.6 Å². The number of nitrogens with one attached hydrogen (secondary N) is 2. The van der Waals surface area contributed by atoms with Crippen LogP contribution in [0, 0.1) is 6.92 Å². The van der Waals surface area contributed by atoms with E-state index in [1.54, 1.807) is 36.4 Å². The highest BCUT2D eigenvalue weighted by Gasteiger charge is 2.06. The maximum absolute atomic E-state index is 11.8. The molecular formula is C17H16N2O4S. The van der Waals surface area contributed by atoms with Crippen LogP contribution in [0.15, 0.2) is 46.9 Å². The number of hydrogen-bond donors (Lipinski definition) is 2. The molecule has 0 fully saturated rings. The van der Waals surface area contributed by atoms with Crippen LogP contribution in [0.3, 0.4) is 0 Å². The van der Waals surface area contributed by atoms with Gasteiger partial charge in [-0.2, -0.15) is 0 Å². The zero-order valence-electron chi connectivity index (χ0n) is 13.2. The Labute approximate surface area is 144 Å². The van der Waals surface area contributed by atoms with Gasteiger partial charge in [0.25, 0.3) is 0 Å². The summed E-state index contributed by atoms with van der Waals surface area (Å²) in [6.07, 6.45) is 2.88. The van der Waals surface area contributed by atoms with Crippen molar-refractivity contribution in [3.8, 4) is 0 Å². The molecule has 0 saturated heterocycles. The number of carbonyl (C=O) groups excluding carboxylic acids is 2. The minimum atomic E-state index is -0.421. The lowest BCUT2D eigenvalue weighted by atomic mass is 10.2. The topological polar surface area (TPSA) is 80.6 Å². The molecule has 1 aromatic heterocycles. The molecular weight excluding hydrogens is 328 g/mol. The summed E-state index contributed by atoms with van der Waals surface area (Å²) in [6, 6.07) is 10.1. The van der Waals surface area contributed by atoms with Gasteiger partial charge >= 0.3 is 5.97 Å². The number of aryl methyl sites for hydroxylation is 1. The van der Waals surface area contributed by atoms with Gasteiger partial charge in [0.05, 0.1) is 12.7 Å². The Morgan fingerprint density at radius 1 is 1.17 bits per heavy atom. The zero-order chi connectivity index (χ0) is 17.5. The molecule has 0 aliphatic rings. The van der Waals surface area contributed by atoms with E-state index in [2.05, 4.69) is 15.4 Å². The molecule has 2 rings (SSSR count). The van der Waals surface area contributed by atoms with E-state index in [0.717, 1.165) is 5.76 Å². The van der Waals surface area contributed by atoms with E-state index in [1.807, 2.05) is 13.0 Å². The first-order chi connectivity index (χ1) is 11.5. The molecule has 6 nitrogen and oxygen atoms in total. The van der Waals surface area contributed by atoms with Gasteiger partial charge in [0.1, 0.15) is 11.5 Å². The molecule has 7 heteroatoms. The molecule has 1 aromatic carbocycles. The number of furan rings is 1. The van der Waals surface area contributed by atoms with Crippen LogP contribution in [0.4, 0.5) is 5.69 Å². The SMILES string of the molecule is COC(=O)c1ccc(NC(=S)NC(=O)C=Cc2ccc(C)o2)cc1. The van der Waals surface area contributed by atoms with Crippen LogP contribution in [0.1, 0.15) is 21.9 Å². The van der Waals surface area contributed by atoms with Crippen LogP contribution in [-0.4, -0.2) is 24.1 Å². The summed E-state index contributed by atoms with van der Waals surface area (Å²) in [4.78, 5) is 23.1. The van der Waals surface area contributed by atoms with Crippen molar-refractivity contribution < 1.29 is 18.7 Å². The molecule has 0 spiro atoms. The van der Waals surface area contributed by atoms with Crippen LogP contribution in [0.2, 0.25) is 0 Å². The largest absolute Gasteiger partial charge is 0.465 e. The number of methoxy groups -OCH3 is 1. The highest BCUT2D eigenvalue weighted by molar-refractivity contribution is 7.80. The molecule has 0 saturated carbocycles. The summed E-state index contributed by atoms with van der Waals surface area (Å²) < 4.78 is 9.94. The molecule has 0 unspecified atom stereocenters. The average molecular weight is 344 g/mol. The fourth-order valence-electron chi connectivity index (χ4n) is 1.82. The Morgan fingerprint density at radius 3 is 2.46 bits per heavy atom. The van der Waals surface area contributed by atoms with E-state index < -0.39 is 5.97 Å². The quantitative estimate of drug-likeness (QED) is 0.504. The van der Waals surface area contributed by atoms with Gasteiger partial charge in [0, 0.05) is 11.8 Å². The summed E-state index contributed by atoms with van der Waals surface area (Å²) in [5.41, 5.74) is 1.06. The Bertz CT molecular complexity index is 778. The normalized spacial score (nSPS) is 10.4. The number of amides is 1. The molecule has 124 valence electrons. The third kappa shape index (κ3) is 5.06. The van der Waals surface area contributed by atoms with E-state index in [9.17, 15) is 9.59 Å². The fourth-order valence-corrected chi connectivity index (χ4v) is 2.04. The highest BCUT2D eigenvalue weighted by atomic mass is 32.1. The molecule has 24 heavy (non-hydrogen) atoms. The third-order valence-corrected chi connectivity index (χ3v) is 3.16. The first-order valence-electron chi connectivity index (χ1n) is 7.03. The summed E-state index contributed by atoms with van der Waals surface area (Å²) in [5.74, 6) is 0.547. The van der Waals surface area contributed by atoms with Gasteiger partial charge in [-0.25, -0.2) is 4.79 Å². The molecule has 2 aromatic rings. The first kappa shape index (κ1) is 17.4. The third-order valence-electron chi connectivity index (χ3n) is 2.96. The van der Waals surface area contributed by atoms with Crippen LogP contribution in [-0.2, 0) is 9.53 Å². The van der Waals surface area contributed by atoms with Crippen molar-refractivity contribution >= 4 is 41.0 Å². The van der Waals surface area contributed by atoms with Crippen molar-refractivity contribution in [2.24, 2.45) is 0 Å². The van der Waals surface area contributed by atoms with Crippen molar-refractivity contribution in [1.82, 2.24) is 5.32 Å². The second-order valence-corrected chi connectivity index (χ2v) is 5.20. The van der Waals surface area contributed by atoms with Crippen LogP contribution < -0.4 is 10.6 Å². The zero-order valence-corrected chi connectivity index (χ0v) is 14.0. The lowest BCUT2D eigenvalue weighted by Crippen LogP contribution is -2.32. The summed E-state index contributed by atoms with van der Waals surface area (Å²) in [7, 11) is 1.32. The first-order valence-corrected chi connectivity index (χ1v) is 7.43. The van der Waals surface area contributed by atoms with Crippen molar-refractivity contribution in [1.29, 1.82) is 0 Å². The minimum Gasteiger partial charge on any atom is -0.465 e. The number of thiocarbonyl (C=S) groups is 1. The Morgan fingerprint density at radius 2 is 1.88 bits per heavy atom. The number of rotatable bonds is 4. The van der Waals surface area contributed by atoms with Crippen LogP contribution in [0.5, 0.6) is 0 Å². The van der Waals surface area contributed by atoms with E-state index in [-0.39, 0.29) is 11.0 Å². The number of hydrogen-bond acceptors (Lipinski definition) is 5. The minimum absolute atomic E-state index is 0.145. The van der Waals surface area contributed by atoms with E-state index in [4.69, 9.17) is 16.6 Å². The summed E-state index contributed by atoms with van der Waals surface area (Å²) in [5, 5.41) is 5.51. The molecule has 1 heterocycles. The van der Waals surface area contributed by atoms with Gasteiger partial charge in [0.15, 0.2) is 5.11 Å². The smallest absolute Gasteiger partial charge is 0.337 e. The van der Waals surface area contributed by atoms with Crippen molar-refractivity contribution in [2.75, 3.05) is 12.4 Å². The highest BCUT2D eigenvalue weighted by Crippen LogP contribution is 2.10. The number of anilines is 1. The Hall–Kier alpha value is -2.93. The van der Waals surface area contributed by atoms with Gasteiger partial charge in [-0.15, -0.1) is 0 Å². The number of esters is 1. The Kier molecular flexibility index (Phi) is 5.86.